The summed E-state index contributed by atoms with van der Waals surface area (Å²) >= 11 is 0. The second kappa shape index (κ2) is 3.86. The number of pyridine rings is 1. The molecule has 1 aromatic rings. The first-order valence-corrected chi connectivity index (χ1v) is 4.61. The van der Waals surface area contributed by atoms with Crippen LogP contribution in [0.2, 0.25) is 0 Å². The predicted molar refractivity (Wildman–Crippen MR) is 57.1 cm³/mol. The first-order chi connectivity index (χ1) is 6.89. The Bertz CT molecular complexity index is 435. The maximum Gasteiger partial charge on any atom is 0.251 e. The lowest BCUT2D eigenvalue weighted by molar-refractivity contribution is -0.125. The molecule has 0 aliphatic rings. The molecule has 0 aliphatic heterocycles. The molecule has 0 unspecified atom stereocenters. The molecule has 0 fully saturated rings. The van der Waals surface area contributed by atoms with Crippen molar-refractivity contribution in [2.45, 2.75) is 25.9 Å². The monoisotopic (exact) mass is 209 g/mol. The molecule has 1 aromatic heterocycles. The van der Waals surface area contributed by atoms with E-state index in [4.69, 9.17) is 11.5 Å². The van der Waals surface area contributed by atoms with Crippen molar-refractivity contribution in [1.82, 2.24) is 4.57 Å². The minimum atomic E-state index is -1.04. The summed E-state index contributed by atoms with van der Waals surface area (Å²) in [6, 6.07) is 3.02. The summed E-state index contributed by atoms with van der Waals surface area (Å²) in [5.41, 5.74) is 10.2. The van der Waals surface area contributed by atoms with E-state index in [-0.39, 0.29) is 5.56 Å². The van der Waals surface area contributed by atoms with Gasteiger partial charge in [0.2, 0.25) is 5.91 Å². The molecule has 5 nitrogen and oxygen atoms in total. The van der Waals surface area contributed by atoms with Gasteiger partial charge in [0.1, 0.15) is 5.54 Å². The lowest BCUT2D eigenvalue weighted by Crippen LogP contribution is -2.46. The highest BCUT2D eigenvalue weighted by Gasteiger charge is 2.27. The van der Waals surface area contributed by atoms with E-state index in [0.717, 1.165) is 5.56 Å². The summed E-state index contributed by atoms with van der Waals surface area (Å²) in [7, 11) is 0. The van der Waals surface area contributed by atoms with Gasteiger partial charge in [-0.25, -0.2) is 0 Å². The average Bonchev–Trinajstić information content (AvgIpc) is 2.18. The van der Waals surface area contributed by atoms with Crippen molar-refractivity contribution in [2.75, 3.05) is 0 Å². The van der Waals surface area contributed by atoms with E-state index in [2.05, 4.69) is 0 Å². The Labute approximate surface area is 87.7 Å². The van der Waals surface area contributed by atoms with Crippen LogP contribution in [0.1, 0.15) is 19.4 Å². The van der Waals surface area contributed by atoms with Crippen LogP contribution in [-0.4, -0.2) is 10.5 Å². The molecule has 0 saturated heterocycles. The van der Waals surface area contributed by atoms with E-state index in [1.165, 1.54) is 10.6 Å². The number of nitrogens with two attached hydrogens (primary N) is 2. The van der Waals surface area contributed by atoms with Crippen LogP contribution in [0.15, 0.2) is 23.1 Å². The first-order valence-electron chi connectivity index (χ1n) is 4.61. The van der Waals surface area contributed by atoms with Gasteiger partial charge in [0.05, 0.1) is 0 Å². The van der Waals surface area contributed by atoms with E-state index in [9.17, 15) is 9.59 Å². The van der Waals surface area contributed by atoms with Crippen LogP contribution >= 0.6 is 0 Å². The minimum absolute atomic E-state index is 0.268. The quantitative estimate of drug-likeness (QED) is 0.704. The molecule has 0 spiro atoms. The second-order valence-corrected chi connectivity index (χ2v) is 3.87. The first kappa shape index (κ1) is 11.5. The molecule has 0 atom stereocenters. The molecule has 5 heteroatoms. The van der Waals surface area contributed by atoms with Gasteiger partial charge in [-0.3, -0.25) is 9.59 Å². The van der Waals surface area contributed by atoms with E-state index >= 15 is 0 Å². The van der Waals surface area contributed by atoms with Gasteiger partial charge in [0, 0.05) is 18.8 Å². The van der Waals surface area contributed by atoms with Crippen molar-refractivity contribution in [3.63, 3.8) is 0 Å². The third kappa shape index (κ3) is 2.07. The summed E-state index contributed by atoms with van der Waals surface area (Å²) in [6.07, 6.45) is 1.56. The standard InChI is InChI=1S/C10H15N3O2/c1-10(2,9(12)15)13-6-7(5-11)3-4-8(13)14/h3-4,6H,5,11H2,1-2H3,(H2,12,15). The number of nitrogens with zero attached hydrogens (tertiary/aromatic N) is 1. The van der Waals surface area contributed by atoms with Crippen molar-refractivity contribution in [1.29, 1.82) is 0 Å². The summed E-state index contributed by atoms with van der Waals surface area (Å²) in [5.74, 6) is -0.557. The van der Waals surface area contributed by atoms with Crippen LogP contribution < -0.4 is 17.0 Å². The van der Waals surface area contributed by atoms with Gasteiger partial charge >= 0.3 is 0 Å². The fourth-order valence-corrected chi connectivity index (χ4v) is 1.21. The molecule has 15 heavy (non-hydrogen) atoms. The molecule has 82 valence electrons. The highest BCUT2D eigenvalue weighted by Crippen LogP contribution is 2.12. The van der Waals surface area contributed by atoms with Crippen molar-refractivity contribution in [3.05, 3.63) is 34.2 Å². The summed E-state index contributed by atoms with van der Waals surface area (Å²) < 4.78 is 1.30. The molecule has 1 heterocycles. The van der Waals surface area contributed by atoms with Crippen LogP contribution in [0.4, 0.5) is 0 Å². The third-order valence-electron chi connectivity index (χ3n) is 2.41. The minimum Gasteiger partial charge on any atom is -0.368 e. The van der Waals surface area contributed by atoms with Crippen molar-refractivity contribution < 1.29 is 4.79 Å². The SMILES string of the molecule is CC(C)(C(N)=O)n1cc(CN)ccc1=O. The Hall–Kier alpha value is -1.62. The molecule has 4 N–H and O–H groups in total. The number of amides is 1. The number of primary amides is 1. The number of hydrogen-bond acceptors (Lipinski definition) is 3. The molecule has 1 rings (SSSR count). The van der Waals surface area contributed by atoms with E-state index in [0.29, 0.717) is 6.54 Å². The Balaban J connectivity index is 3.36. The van der Waals surface area contributed by atoms with Crippen LogP contribution in [-0.2, 0) is 16.9 Å². The van der Waals surface area contributed by atoms with Crippen LogP contribution in [0.25, 0.3) is 0 Å². The van der Waals surface area contributed by atoms with Gasteiger partial charge < -0.3 is 16.0 Å². The van der Waals surface area contributed by atoms with Crippen molar-refractivity contribution >= 4 is 5.91 Å². The molecule has 0 aromatic carbocycles. The Kier molecular flexibility index (Phi) is 2.95. The predicted octanol–water partition coefficient (Wildman–Crippen LogP) is -0.473. The van der Waals surface area contributed by atoms with Gasteiger partial charge in [0.25, 0.3) is 5.56 Å². The Morgan fingerprint density at radius 2 is 2.07 bits per heavy atom. The molecule has 1 amide bonds. The lowest BCUT2D eigenvalue weighted by Gasteiger charge is -2.24. The van der Waals surface area contributed by atoms with Gasteiger partial charge in [-0.2, -0.15) is 0 Å². The number of rotatable bonds is 3. The fourth-order valence-electron chi connectivity index (χ4n) is 1.21. The third-order valence-corrected chi connectivity index (χ3v) is 2.41. The number of carbonyl (C=O) groups excluding carboxylic acids is 1. The van der Waals surface area contributed by atoms with Crippen LogP contribution in [0.5, 0.6) is 0 Å². The smallest absolute Gasteiger partial charge is 0.251 e. The second-order valence-electron chi connectivity index (χ2n) is 3.87. The van der Waals surface area contributed by atoms with E-state index in [1.54, 1.807) is 26.1 Å². The lowest BCUT2D eigenvalue weighted by atomic mass is 10.0. The fraction of sp³-hybridized carbons (Fsp3) is 0.400. The Morgan fingerprint density at radius 1 is 1.47 bits per heavy atom. The van der Waals surface area contributed by atoms with Crippen molar-refractivity contribution in [3.8, 4) is 0 Å². The molecule has 0 saturated carbocycles. The normalized spacial score (nSPS) is 11.4. The molecule has 0 aliphatic carbocycles. The van der Waals surface area contributed by atoms with Gasteiger partial charge in [-0.1, -0.05) is 6.07 Å². The topological polar surface area (TPSA) is 91.1 Å². The van der Waals surface area contributed by atoms with Crippen LogP contribution in [0, 0.1) is 0 Å². The largest absolute Gasteiger partial charge is 0.368 e. The molecule has 0 bridgehead atoms. The van der Waals surface area contributed by atoms with E-state index < -0.39 is 11.4 Å². The highest BCUT2D eigenvalue weighted by atomic mass is 16.2. The zero-order valence-electron chi connectivity index (χ0n) is 8.86. The number of carbonyl (C=O) groups is 1. The summed E-state index contributed by atoms with van der Waals surface area (Å²) in [4.78, 5) is 22.8. The highest BCUT2D eigenvalue weighted by molar-refractivity contribution is 5.81. The van der Waals surface area contributed by atoms with E-state index in [1.807, 2.05) is 0 Å². The zero-order valence-corrected chi connectivity index (χ0v) is 8.86. The number of hydrogen-bond donors (Lipinski definition) is 2. The summed E-state index contributed by atoms with van der Waals surface area (Å²) in [6.45, 7) is 3.50. The molecular weight excluding hydrogens is 194 g/mol. The maximum absolute atomic E-state index is 11.6. The molecular formula is C10H15N3O2. The zero-order chi connectivity index (χ0) is 11.6. The Morgan fingerprint density at radius 3 is 2.53 bits per heavy atom. The summed E-state index contributed by atoms with van der Waals surface area (Å²) in [5, 5.41) is 0. The van der Waals surface area contributed by atoms with Crippen LogP contribution in [0.3, 0.4) is 0 Å². The van der Waals surface area contributed by atoms with Crippen molar-refractivity contribution in [2.24, 2.45) is 11.5 Å². The van der Waals surface area contributed by atoms with Gasteiger partial charge in [-0.15, -0.1) is 0 Å². The van der Waals surface area contributed by atoms with Gasteiger partial charge in [-0.05, 0) is 19.4 Å². The maximum atomic E-state index is 11.6. The number of aromatic nitrogens is 1. The molecule has 0 radical (unpaired) electrons. The average molecular weight is 209 g/mol. The van der Waals surface area contributed by atoms with Gasteiger partial charge in [0.15, 0.2) is 0 Å².